The van der Waals surface area contributed by atoms with Crippen molar-refractivity contribution in [1.82, 2.24) is 15.1 Å². The van der Waals surface area contributed by atoms with Crippen molar-refractivity contribution in [2.24, 2.45) is 0 Å². The van der Waals surface area contributed by atoms with E-state index in [9.17, 15) is 4.79 Å². The van der Waals surface area contributed by atoms with Gasteiger partial charge in [0.2, 0.25) is 5.91 Å². The van der Waals surface area contributed by atoms with E-state index in [4.69, 9.17) is 21.1 Å². The molecule has 1 fully saturated rings. The zero-order valence-electron chi connectivity index (χ0n) is 17.4. The Hall–Kier alpha value is -2.67. The van der Waals surface area contributed by atoms with Crippen LogP contribution in [0.4, 0.5) is 11.5 Å². The van der Waals surface area contributed by atoms with Gasteiger partial charge in [-0.25, -0.2) is 4.98 Å². The van der Waals surface area contributed by atoms with Crippen LogP contribution in [-0.2, 0) is 11.2 Å². The predicted molar refractivity (Wildman–Crippen MR) is 118 cm³/mol. The summed E-state index contributed by atoms with van der Waals surface area (Å²) in [4.78, 5) is 24.1. The van der Waals surface area contributed by atoms with Crippen LogP contribution < -0.4 is 10.2 Å². The lowest BCUT2D eigenvalue weighted by Gasteiger charge is -2.22. The van der Waals surface area contributed by atoms with Gasteiger partial charge in [0.05, 0.1) is 5.69 Å². The van der Waals surface area contributed by atoms with E-state index in [0.717, 1.165) is 54.1 Å². The number of aromatic nitrogens is 3. The molecule has 0 saturated carbocycles. The van der Waals surface area contributed by atoms with Crippen molar-refractivity contribution >= 4 is 40.1 Å². The summed E-state index contributed by atoms with van der Waals surface area (Å²) < 4.78 is 5.44. The van der Waals surface area contributed by atoms with Crippen molar-refractivity contribution in [1.29, 1.82) is 0 Å². The number of fused-ring (bicyclic) bond motifs is 1. The Balaban J connectivity index is 1.52. The second-order valence-corrected chi connectivity index (χ2v) is 8.18. The molecule has 1 aliphatic heterocycles. The summed E-state index contributed by atoms with van der Waals surface area (Å²) in [6, 6.07) is 5.47. The lowest BCUT2D eigenvalue weighted by atomic mass is 10.2. The minimum absolute atomic E-state index is 0.103. The molecule has 1 aliphatic rings. The number of rotatable bonds is 5. The summed E-state index contributed by atoms with van der Waals surface area (Å²) in [5.41, 5.74) is 2.86. The van der Waals surface area contributed by atoms with Crippen LogP contribution in [0.25, 0.3) is 11.1 Å². The molecule has 158 valence electrons. The highest BCUT2D eigenvalue weighted by atomic mass is 35.5. The van der Waals surface area contributed by atoms with Crippen LogP contribution in [0.15, 0.2) is 22.7 Å². The van der Waals surface area contributed by atoms with Crippen LogP contribution in [0, 0.1) is 13.8 Å². The largest absolute Gasteiger partial charge is 0.356 e. The zero-order chi connectivity index (χ0) is 21.1. The molecule has 0 atom stereocenters. The molecular weight excluding hydrogens is 402 g/mol. The molecule has 3 heterocycles. The summed E-state index contributed by atoms with van der Waals surface area (Å²) in [6.45, 7) is 5.72. The summed E-state index contributed by atoms with van der Waals surface area (Å²) in [5.74, 6) is 1.37. The predicted octanol–water partition coefficient (Wildman–Crippen LogP) is 4.84. The van der Waals surface area contributed by atoms with E-state index >= 15 is 0 Å². The second kappa shape index (κ2) is 9.00. The highest BCUT2D eigenvalue weighted by molar-refractivity contribution is 6.31. The maximum atomic E-state index is 12.5. The number of nitrogens with zero attached hydrogens (tertiary/aromatic N) is 4. The Bertz CT molecular complexity index is 1060. The molecule has 1 aromatic carbocycles. The number of carbonyl (C=O) groups is 1. The number of anilines is 2. The molecule has 1 saturated heterocycles. The normalized spacial score (nSPS) is 14.7. The van der Waals surface area contributed by atoms with Gasteiger partial charge in [0.25, 0.3) is 5.71 Å². The van der Waals surface area contributed by atoms with Crippen molar-refractivity contribution < 1.29 is 9.32 Å². The molecule has 3 aromatic rings. The molecule has 7 nitrogen and oxygen atoms in total. The van der Waals surface area contributed by atoms with Crippen LogP contribution >= 0.6 is 11.6 Å². The topological polar surface area (TPSA) is 84.2 Å². The molecule has 4 rings (SSSR count). The average molecular weight is 428 g/mol. The third-order valence-corrected chi connectivity index (χ3v) is 5.97. The number of hydrogen-bond acceptors (Lipinski definition) is 6. The number of amides is 1. The highest BCUT2D eigenvalue weighted by Crippen LogP contribution is 2.29. The molecule has 0 aliphatic carbocycles. The number of hydrogen-bond donors (Lipinski definition) is 1. The van der Waals surface area contributed by atoms with E-state index in [2.05, 4.69) is 20.4 Å². The van der Waals surface area contributed by atoms with Gasteiger partial charge in [0.1, 0.15) is 17.0 Å². The molecular formula is C22H26ClN5O2. The minimum atomic E-state index is -0.103. The molecule has 0 radical (unpaired) electrons. The van der Waals surface area contributed by atoms with E-state index in [-0.39, 0.29) is 12.3 Å². The molecule has 2 aromatic heterocycles. The summed E-state index contributed by atoms with van der Waals surface area (Å²) in [7, 11) is 0. The van der Waals surface area contributed by atoms with E-state index in [1.54, 1.807) is 6.07 Å². The first-order chi connectivity index (χ1) is 14.5. The number of carbonyl (C=O) groups excluding carboxylic acids is 1. The third-order valence-electron chi connectivity index (χ3n) is 5.56. The molecule has 1 amide bonds. The van der Waals surface area contributed by atoms with Gasteiger partial charge in [0, 0.05) is 36.6 Å². The Labute approximate surface area is 180 Å². The Morgan fingerprint density at radius 3 is 2.70 bits per heavy atom. The minimum Gasteiger partial charge on any atom is -0.356 e. The van der Waals surface area contributed by atoms with Crippen LogP contribution in [0.3, 0.4) is 0 Å². The van der Waals surface area contributed by atoms with E-state index in [1.807, 2.05) is 26.0 Å². The number of nitrogens with one attached hydrogen (secondary N) is 1. The van der Waals surface area contributed by atoms with E-state index in [1.165, 1.54) is 12.8 Å². The van der Waals surface area contributed by atoms with Crippen LogP contribution in [0.2, 0.25) is 5.02 Å². The Kier molecular flexibility index (Phi) is 6.18. The van der Waals surface area contributed by atoms with Crippen molar-refractivity contribution in [2.75, 3.05) is 23.3 Å². The van der Waals surface area contributed by atoms with Crippen LogP contribution in [0.1, 0.15) is 49.2 Å². The number of benzene rings is 1. The second-order valence-electron chi connectivity index (χ2n) is 7.77. The summed E-state index contributed by atoms with van der Waals surface area (Å²) in [5, 5.41) is 8.52. The average Bonchev–Trinajstić information content (AvgIpc) is 2.93. The van der Waals surface area contributed by atoms with Gasteiger partial charge >= 0.3 is 0 Å². The van der Waals surface area contributed by atoms with Gasteiger partial charge < -0.3 is 14.7 Å². The van der Waals surface area contributed by atoms with Crippen LogP contribution in [0.5, 0.6) is 0 Å². The van der Waals surface area contributed by atoms with Gasteiger partial charge in [-0.15, -0.1) is 0 Å². The fourth-order valence-corrected chi connectivity index (χ4v) is 3.99. The molecule has 30 heavy (non-hydrogen) atoms. The zero-order valence-corrected chi connectivity index (χ0v) is 18.1. The van der Waals surface area contributed by atoms with E-state index in [0.29, 0.717) is 23.0 Å². The fourth-order valence-electron chi connectivity index (χ4n) is 3.82. The summed E-state index contributed by atoms with van der Waals surface area (Å²) >= 11 is 6.14. The van der Waals surface area contributed by atoms with Gasteiger partial charge in [-0.3, -0.25) is 4.79 Å². The van der Waals surface area contributed by atoms with Gasteiger partial charge in [0.15, 0.2) is 0 Å². The number of aryl methyl sites for hydroxylation is 2. The lowest BCUT2D eigenvalue weighted by molar-refractivity contribution is -0.116. The molecule has 1 N–H and O–H groups in total. The smallest absolute Gasteiger partial charge is 0.263 e. The molecule has 0 spiro atoms. The summed E-state index contributed by atoms with van der Waals surface area (Å²) in [6.07, 6.45) is 5.46. The number of halogens is 1. The highest BCUT2D eigenvalue weighted by Gasteiger charge is 2.21. The maximum absolute atomic E-state index is 12.5. The van der Waals surface area contributed by atoms with Gasteiger partial charge in [-0.1, -0.05) is 35.7 Å². The molecule has 0 bridgehead atoms. The molecule has 8 heteroatoms. The van der Waals surface area contributed by atoms with Gasteiger partial charge in [-0.2, -0.15) is 4.98 Å². The van der Waals surface area contributed by atoms with Crippen molar-refractivity contribution in [3.8, 4) is 0 Å². The monoisotopic (exact) mass is 427 g/mol. The molecule has 0 unspecified atom stereocenters. The standard InChI is InChI=1S/C22H26ClN5O2/c1-14-16(23)8-7-9-17(14)24-19(29)11-10-18-25-21(28-12-5-3-4-6-13-28)20-15(2)27-30-22(20)26-18/h7-9H,3-6,10-13H2,1-2H3,(H,24,29). The quantitative estimate of drug-likeness (QED) is 0.627. The Morgan fingerprint density at radius 1 is 1.17 bits per heavy atom. The van der Waals surface area contributed by atoms with Crippen molar-refractivity contribution in [2.45, 2.75) is 52.4 Å². The third kappa shape index (κ3) is 4.41. The first-order valence-electron chi connectivity index (χ1n) is 10.5. The van der Waals surface area contributed by atoms with Crippen molar-refractivity contribution in [3.05, 3.63) is 40.3 Å². The van der Waals surface area contributed by atoms with Gasteiger partial charge in [-0.05, 0) is 44.4 Å². The van der Waals surface area contributed by atoms with Crippen molar-refractivity contribution in [3.63, 3.8) is 0 Å². The first kappa shape index (κ1) is 20.6. The van der Waals surface area contributed by atoms with Crippen LogP contribution in [-0.4, -0.2) is 34.1 Å². The van der Waals surface area contributed by atoms with E-state index < -0.39 is 0 Å². The fraction of sp³-hybridized carbons (Fsp3) is 0.455. The first-order valence-corrected chi connectivity index (χ1v) is 10.8. The SMILES string of the molecule is Cc1c(Cl)cccc1NC(=O)CCc1nc(N2CCCCCC2)c2c(C)noc2n1. The maximum Gasteiger partial charge on any atom is 0.263 e. The lowest BCUT2D eigenvalue weighted by Crippen LogP contribution is -2.26. The Morgan fingerprint density at radius 2 is 1.93 bits per heavy atom.